The van der Waals surface area contributed by atoms with Gasteiger partial charge in [-0.15, -0.1) is 0 Å². The lowest BCUT2D eigenvalue weighted by atomic mass is 9.68. The average molecular weight is 397 g/mol. The minimum absolute atomic E-state index is 0.101. The Morgan fingerprint density at radius 1 is 0.893 bits per heavy atom. The molecule has 0 nitrogen and oxygen atoms in total. The predicted molar refractivity (Wildman–Crippen MR) is 111 cm³/mol. The smallest absolute Gasteiger partial charge is 0.189 e. The number of hydrogen-bond acceptors (Lipinski definition) is 0. The van der Waals surface area contributed by atoms with Crippen molar-refractivity contribution in [3.8, 4) is 0 Å². The van der Waals surface area contributed by atoms with Crippen LogP contribution in [0.15, 0.2) is 24.1 Å². The fraction of sp³-hybridized carbons (Fsp3) is 0.840. The molecule has 3 aliphatic carbocycles. The molecule has 3 aliphatic rings. The highest BCUT2D eigenvalue weighted by Gasteiger charge is 2.42. The van der Waals surface area contributed by atoms with E-state index in [4.69, 9.17) is 0 Å². The Morgan fingerprint density at radius 3 is 2.04 bits per heavy atom. The molecule has 2 atom stereocenters. The van der Waals surface area contributed by atoms with Crippen LogP contribution in [0.5, 0.6) is 0 Å². The molecule has 0 N–H and O–H groups in total. The number of alkyl halides is 2. The topological polar surface area (TPSA) is 0 Å². The lowest BCUT2D eigenvalue weighted by Crippen LogP contribution is -2.36. The van der Waals surface area contributed by atoms with Crippen LogP contribution in [0.2, 0.25) is 0 Å². The number of unbranched alkanes of at least 4 members (excludes halogenated alkanes) is 2. The van der Waals surface area contributed by atoms with Crippen LogP contribution in [0.3, 0.4) is 0 Å². The maximum atomic E-state index is 14.7. The predicted octanol–water partition coefficient (Wildman–Crippen LogP) is 8.43. The van der Waals surface area contributed by atoms with Crippen LogP contribution in [0, 0.1) is 23.7 Å². The molecule has 0 aromatic rings. The van der Waals surface area contributed by atoms with Gasteiger partial charge in [0.15, 0.2) is 11.8 Å². The first-order chi connectivity index (χ1) is 13.5. The maximum Gasteiger partial charge on any atom is 0.189 e. The summed E-state index contributed by atoms with van der Waals surface area (Å²) in [6.45, 7) is 2.28. The van der Waals surface area contributed by atoms with E-state index in [0.717, 1.165) is 36.7 Å². The van der Waals surface area contributed by atoms with E-state index in [1.807, 2.05) is 0 Å². The van der Waals surface area contributed by atoms with Gasteiger partial charge in [0.2, 0.25) is 0 Å². The van der Waals surface area contributed by atoms with Gasteiger partial charge in [0.1, 0.15) is 5.83 Å². The second kappa shape index (κ2) is 10.3. The number of halogens is 3. The Kier molecular flexibility index (Phi) is 8.12. The molecule has 0 aliphatic heterocycles. The zero-order valence-corrected chi connectivity index (χ0v) is 17.7. The van der Waals surface area contributed by atoms with Crippen LogP contribution in [0.4, 0.5) is 13.2 Å². The van der Waals surface area contributed by atoms with Gasteiger partial charge < -0.3 is 0 Å². The molecule has 0 saturated heterocycles. The van der Waals surface area contributed by atoms with E-state index in [2.05, 4.69) is 6.92 Å². The zero-order chi connectivity index (χ0) is 20.0. The SMILES string of the molecule is CCCCCC1CCC(C2CCC(CCC3(F)C=CC=C(F)C3F)CC2)CC1. The van der Waals surface area contributed by atoms with Gasteiger partial charge in [0.25, 0.3) is 0 Å². The van der Waals surface area contributed by atoms with Gasteiger partial charge >= 0.3 is 0 Å². The summed E-state index contributed by atoms with van der Waals surface area (Å²) in [7, 11) is 0. The Hall–Kier alpha value is -0.730. The van der Waals surface area contributed by atoms with Gasteiger partial charge in [0, 0.05) is 0 Å². The zero-order valence-electron chi connectivity index (χ0n) is 17.7. The third-order valence-corrected chi connectivity index (χ3v) is 7.89. The minimum atomic E-state index is -2.15. The Bertz CT molecular complexity index is 524. The van der Waals surface area contributed by atoms with Crippen molar-refractivity contribution in [2.75, 3.05) is 0 Å². The van der Waals surface area contributed by atoms with Crippen molar-refractivity contribution in [1.82, 2.24) is 0 Å². The third-order valence-electron chi connectivity index (χ3n) is 7.89. The molecule has 0 spiro atoms. The second-order valence-corrected chi connectivity index (χ2v) is 9.80. The molecule has 28 heavy (non-hydrogen) atoms. The largest absolute Gasteiger partial charge is 0.236 e. The van der Waals surface area contributed by atoms with Crippen molar-refractivity contribution in [2.24, 2.45) is 23.7 Å². The number of hydrogen-bond donors (Lipinski definition) is 0. The Labute approximate surface area is 170 Å². The normalized spacial score (nSPS) is 39.0. The van der Waals surface area contributed by atoms with Crippen molar-refractivity contribution in [3.63, 3.8) is 0 Å². The van der Waals surface area contributed by atoms with Crippen molar-refractivity contribution in [1.29, 1.82) is 0 Å². The van der Waals surface area contributed by atoms with Gasteiger partial charge in [0.05, 0.1) is 0 Å². The average Bonchev–Trinajstić information content (AvgIpc) is 2.72. The monoisotopic (exact) mass is 396 g/mol. The fourth-order valence-corrected chi connectivity index (χ4v) is 5.91. The van der Waals surface area contributed by atoms with Crippen molar-refractivity contribution < 1.29 is 13.2 Å². The Balaban J connectivity index is 1.35. The quantitative estimate of drug-likeness (QED) is 0.361. The first kappa shape index (κ1) is 22.0. The van der Waals surface area contributed by atoms with Gasteiger partial charge in [-0.2, -0.15) is 0 Å². The van der Waals surface area contributed by atoms with E-state index in [1.165, 1.54) is 76.4 Å². The molecular formula is C25H39F3. The standard InChI is InChI=1S/C25H39F3/c1-2-3-4-6-19-8-12-21(13-9-19)22-14-10-20(11-15-22)16-18-25(28)17-5-7-23(26)24(25)27/h5,7,17,19-22,24H,2-4,6,8-16,18H2,1H3. The molecule has 2 unspecified atom stereocenters. The van der Waals surface area contributed by atoms with Crippen molar-refractivity contribution >= 4 is 0 Å². The number of rotatable bonds is 8. The molecule has 0 bridgehead atoms. The molecular weight excluding hydrogens is 357 g/mol. The van der Waals surface area contributed by atoms with E-state index < -0.39 is 17.7 Å². The minimum Gasteiger partial charge on any atom is -0.236 e. The van der Waals surface area contributed by atoms with Crippen LogP contribution in [-0.4, -0.2) is 11.8 Å². The summed E-state index contributed by atoms with van der Waals surface area (Å²) in [6, 6.07) is 0. The van der Waals surface area contributed by atoms with Gasteiger partial charge in [-0.05, 0) is 74.3 Å². The van der Waals surface area contributed by atoms with Crippen LogP contribution >= 0.6 is 0 Å². The summed E-state index contributed by atoms with van der Waals surface area (Å²) >= 11 is 0. The van der Waals surface area contributed by atoms with E-state index in [-0.39, 0.29) is 6.42 Å². The molecule has 0 amide bonds. The maximum absolute atomic E-state index is 14.7. The molecule has 2 saturated carbocycles. The summed E-state index contributed by atoms with van der Waals surface area (Å²) in [5, 5.41) is 0. The van der Waals surface area contributed by atoms with E-state index in [1.54, 1.807) is 0 Å². The van der Waals surface area contributed by atoms with Crippen molar-refractivity contribution in [2.45, 2.75) is 109 Å². The highest BCUT2D eigenvalue weighted by Crippen LogP contribution is 2.44. The summed E-state index contributed by atoms with van der Waals surface area (Å²) < 4.78 is 42.1. The van der Waals surface area contributed by atoms with Crippen LogP contribution in [0.1, 0.15) is 96.8 Å². The van der Waals surface area contributed by atoms with Gasteiger partial charge in [-0.1, -0.05) is 64.4 Å². The number of allylic oxidation sites excluding steroid dienone is 4. The summed E-state index contributed by atoms with van der Waals surface area (Å²) in [5.74, 6) is 2.21. The highest BCUT2D eigenvalue weighted by atomic mass is 19.2. The molecule has 0 radical (unpaired) electrons. The van der Waals surface area contributed by atoms with Crippen molar-refractivity contribution in [3.05, 3.63) is 24.1 Å². The van der Waals surface area contributed by atoms with Gasteiger partial charge in [-0.25, -0.2) is 13.2 Å². The highest BCUT2D eigenvalue weighted by molar-refractivity contribution is 5.26. The van der Waals surface area contributed by atoms with Gasteiger partial charge in [-0.3, -0.25) is 0 Å². The second-order valence-electron chi connectivity index (χ2n) is 9.80. The molecule has 3 heteroatoms. The van der Waals surface area contributed by atoms with E-state index in [9.17, 15) is 13.2 Å². The lowest BCUT2D eigenvalue weighted by molar-refractivity contribution is 0.0769. The van der Waals surface area contributed by atoms with Crippen LogP contribution < -0.4 is 0 Å². The molecule has 0 aromatic carbocycles. The Morgan fingerprint density at radius 2 is 1.46 bits per heavy atom. The van der Waals surface area contributed by atoms with E-state index >= 15 is 0 Å². The van der Waals surface area contributed by atoms with E-state index in [0.29, 0.717) is 12.3 Å². The molecule has 2 fully saturated rings. The first-order valence-electron chi connectivity index (χ1n) is 11.9. The third kappa shape index (κ3) is 5.66. The van der Waals surface area contributed by atoms with Crippen LogP contribution in [-0.2, 0) is 0 Å². The summed E-state index contributed by atoms with van der Waals surface area (Å²) in [6.07, 6.45) is 18.2. The summed E-state index contributed by atoms with van der Waals surface area (Å²) in [4.78, 5) is 0. The fourth-order valence-electron chi connectivity index (χ4n) is 5.91. The lowest BCUT2D eigenvalue weighted by Gasteiger charge is -2.38. The molecule has 160 valence electrons. The molecule has 0 aromatic heterocycles. The molecule has 3 rings (SSSR count). The molecule has 0 heterocycles. The van der Waals surface area contributed by atoms with Crippen LogP contribution in [0.25, 0.3) is 0 Å². The first-order valence-corrected chi connectivity index (χ1v) is 11.9. The summed E-state index contributed by atoms with van der Waals surface area (Å²) in [5.41, 5.74) is -2.15.